The number of amides is 1. The van der Waals surface area contributed by atoms with E-state index in [0.717, 1.165) is 35.0 Å². The molecule has 0 bridgehead atoms. The molecule has 0 spiro atoms. The Labute approximate surface area is 158 Å². The third-order valence-corrected chi connectivity index (χ3v) is 4.47. The van der Waals surface area contributed by atoms with Crippen LogP contribution in [0.5, 0.6) is 0 Å². The number of nitrogens with zero attached hydrogens (tertiary/aromatic N) is 2. The van der Waals surface area contributed by atoms with E-state index < -0.39 is 0 Å². The van der Waals surface area contributed by atoms with Gasteiger partial charge in [-0.05, 0) is 30.0 Å². The molecule has 1 aliphatic rings. The summed E-state index contributed by atoms with van der Waals surface area (Å²) in [5.41, 5.74) is 1.71. The van der Waals surface area contributed by atoms with Crippen LogP contribution in [0, 0.1) is 5.41 Å². The molecule has 1 aromatic heterocycles. The predicted molar refractivity (Wildman–Crippen MR) is 108 cm³/mol. The molecule has 0 aliphatic carbocycles. The van der Waals surface area contributed by atoms with Crippen LogP contribution in [-0.2, 0) is 9.53 Å². The van der Waals surface area contributed by atoms with Gasteiger partial charge in [0.1, 0.15) is 5.82 Å². The van der Waals surface area contributed by atoms with E-state index in [1.165, 1.54) is 6.21 Å². The average molecular weight is 367 g/mol. The van der Waals surface area contributed by atoms with Crippen LogP contribution in [0.3, 0.4) is 0 Å². The fourth-order valence-corrected chi connectivity index (χ4v) is 3.17. The van der Waals surface area contributed by atoms with Crippen LogP contribution in [0.2, 0.25) is 0 Å². The topological polar surface area (TPSA) is 90.3 Å². The minimum Gasteiger partial charge on any atom is -0.393 e. The lowest BCUT2D eigenvalue weighted by molar-refractivity contribution is -0.119. The monoisotopic (exact) mass is 367 g/mol. The van der Waals surface area contributed by atoms with Crippen LogP contribution in [0.25, 0.3) is 16.3 Å². The number of hydrogen-bond acceptors (Lipinski definition) is 6. The maximum absolute atomic E-state index is 12.3. The van der Waals surface area contributed by atoms with Gasteiger partial charge in [0, 0.05) is 49.7 Å². The molecule has 3 rings (SSSR count). The molecule has 142 valence electrons. The Kier molecular flexibility index (Phi) is 6.16. The summed E-state index contributed by atoms with van der Waals surface area (Å²) in [6.45, 7) is 4.51. The lowest BCUT2D eigenvalue weighted by atomic mass is 10.0. The van der Waals surface area contributed by atoms with E-state index in [1.807, 2.05) is 31.2 Å². The number of allylic oxidation sites excluding steroid dienone is 1. The highest BCUT2D eigenvalue weighted by atomic mass is 16.5. The van der Waals surface area contributed by atoms with Gasteiger partial charge < -0.3 is 20.8 Å². The minimum absolute atomic E-state index is 0.0811. The first-order chi connectivity index (χ1) is 13.1. The Balaban J connectivity index is 1.74. The molecule has 0 saturated carbocycles. The summed E-state index contributed by atoms with van der Waals surface area (Å²) >= 11 is 0. The number of fused-ring (bicyclic) bond motifs is 1. The Morgan fingerprint density at radius 2 is 2.26 bits per heavy atom. The molecular formula is C20H25N5O2. The number of hydrogen-bond donors (Lipinski definition) is 3. The highest BCUT2D eigenvalue weighted by Crippen LogP contribution is 2.22. The second kappa shape index (κ2) is 8.75. The van der Waals surface area contributed by atoms with Crippen molar-refractivity contribution in [3.63, 3.8) is 0 Å². The molecule has 2 heterocycles. The van der Waals surface area contributed by atoms with Crippen LogP contribution < -0.4 is 10.6 Å². The average Bonchev–Trinajstić information content (AvgIpc) is 2.65. The largest absolute Gasteiger partial charge is 0.393 e. The molecule has 0 radical (unpaired) electrons. The zero-order valence-corrected chi connectivity index (χ0v) is 15.7. The normalized spacial score (nSPS) is 18.3. The van der Waals surface area contributed by atoms with E-state index >= 15 is 0 Å². The number of rotatable bonds is 6. The fourth-order valence-electron chi connectivity index (χ4n) is 3.17. The molecule has 1 fully saturated rings. The number of carbonyl (C=O) groups is 1. The summed E-state index contributed by atoms with van der Waals surface area (Å²) in [6.07, 6.45) is 4.99. The SMILES string of the molecule is CN/C=C(\C=N)c1ccc2cnc(NC(=O)CN3CCO[C@@H](C)C3)cc2c1. The van der Waals surface area contributed by atoms with Crippen molar-refractivity contribution in [1.82, 2.24) is 15.2 Å². The first-order valence-corrected chi connectivity index (χ1v) is 9.01. The molecule has 1 amide bonds. The standard InChI is InChI=1S/C20H25N5O2/c1-14-12-25(5-6-27-14)13-20(26)24-19-8-17-7-15(18(9-21)10-22-2)3-4-16(17)11-23-19/h3-4,7-11,14,21-22H,5-6,12-13H2,1-2H3,(H,23,24,26)/b18-10+,21-9?/t14-/m0/s1. The van der Waals surface area contributed by atoms with E-state index in [2.05, 4.69) is 20.5 Å². The van der Waals surface area contributed by atoms with Crippen molar-refractivity contribution < 1.29 is 9.53 Å². The van der Waals surface area contributed by atoms with Crippen LogP contribution in [-0.4, -0.2) is 61.4 Å². The Morgan fingerprint density at radius 3 is 3.00 bits per heavy atom. The molecule has 1 saturated heterocycles. The van der Waals surface area contributed by atoms with Gasteiger partial charge in [-0.2, -0.15) is 0 Å². The second-order valence-corrected chi connectivity index (χ2v) is 6.63. The Hall–Kier alpha value is -2.77. The zero-order valence-electron chi connectivity index (χ0n) is 15.7. The van der Waals surface area contributed by atoms with E-state index in [1.54, 1.807) is 19.4 Å². The van der Waals surface area contributed by atoms with Crippen LogP contribution in [0.1, 0.15) is 12.5 Å². The number of morpholine rings is 1. The first-order valence-electron chi connectivity index (χ1n) is 9.01. The molecule has 1 aliphatic heterocycles. The molecule has 7 heteroatoms. The third kappa shape index (κ3) is 4.90. The molecule has 1 aromatic carbocycles. The van der Waals surface area contributed by atoms with Gasteiger partial charge in [0.05, 0.1) is 19.3 Å². The number of carbonyl (C=O) groups excluding carboxylic acids is 1. The second-order valence-electron chi connectivity index (χ2n) is 6.63. The van der Waals surface area contributed by atoms with Crippen molar-refractivity contribution in [2.75, 3.05) is 38.6 Å². The van der Waals surface area contributed by atoms with Gasteiger partial charge >= 0.3 is 0 Å². The highest BCUT2D eigenvalue weighted by Gasteiger charge is 2.19. The van der Waals surface area contributed by atoms with Gasteiger partial charge in [-0.25, -0.2) is 4.98 Å². The molecular weight excluding hydrogens is 342 g/mol. The number of nitrogens with one attached hydrogen (secondary N) is 3. The summed E-state index contributed by atoms with van der Waals surface area (Å²) in [5, 5.41) is 15.3. The maximum Gasteiger partial charge on any atom is 0.239 e. The quantitative estimate of drug-likeness (QED) is 0.680. The molecule has 27 heavy (non-hydrogen) atoms. The number of aromatic nitrogens is 1. The Morgan fingerprint density at radius 1 is 1.41 bits per heavy atom. The zero-order chi connectivity index (χ0) is 19.2. The number of benzene rings is 1. The minimum atomic E-state index is -0.0811. The third-order valence-electron chi connectivity index (χ3n) is 4.47. The molecule has 1 atom stereocenters. The fraction of sp³-hybridized carbons (Fsp3) is 0.350. The van der Waals surface area contributed by atoms with Crippen molar-refractivity contribution in [2.24, 2.45) is 0 Å². The molecule has 0 unspecified atom stereocenters. The van der Waals surface area contributed by atoms with Crippen LogP contribution in [0.4, 0.5) is 5.82 Å². The number of pyridine rings is 1. The van der Waals surface area contributed by atoms with E-state index in [9.17, 15) is 4.79 Å². The van der Waals surface area contributed by atoms with Gasteiger partial charge in [0.2, 0.25) is 5.91 Å². The van der Waals surface area contributed by atoms with Crippen molar-refractivity contribution in [2.45, 2.75) is 13.0 Å². The van der Waals surface area contributed by atoms with E-state index in [0.29, 0.717) is 19.0 Å². The lowest BCUT2D eigenvalue weighted by Crippen LogP contribution is -2.44. The van der Waals surface area contributed by atoms with E-state index in [4.69, 9.17) is 10.1 Å². The van der Waals surface area contributed by atoms with Crippen molar-refractivity contribution in [3.8, 4) is 0 Å². The van der Waals surface area contributed by atoms with Crippen molar-refractivity contribution in [1.29, 1.82) is 5.41 Å². The highest BCUT2D eigenvalue weighted by molar-refractivity contribution is 6.09. The first kappa shape index (κ1) is 19.0. The maximum atomic E-state index is 12.3. The van der Waals surface area contributed by atoms with Gasteiger partial charge in [0.25, 0.3) is 0 Å². The summed E-state index contributed by atoms with van der Waals surface area (Å²) in [5.74, 6) is 0.447. The Bertz CT molecular complexity index is 865. The van der Waals surface area contributed by atoms with E-state index in [-0.39, 0.29) is 12.0 Å². The lowest BCUT2D eigenvalue weighted by Gasteiger charge is -2.30. The summed E-state index contributed by atoms with van der Waals surface area (Å²) in [4.78, 5) is 18.8. The number of ether oxygens (including phenoxy) is 1. The van der Waals surface area contributed by atoms with Crippen molar-refractivity contribution >= 4 is 34.3 Å². The predicted octanol–water partition coefficient (Wildman–Crippen LogP) is 2.10. The summed E-state index contributed by atoms with van der Waals surface area (Å²) in [6, 6.07) is 7.77. The van der Waals surface area contributed by atoms with Gasteiger partial charge in [-0.1, -0.05) is 12.1 Å². The number of anilines is 1. The van der Waals surface area contributed by atoms with Gasteiger partial charge in [-0.15, -0.1) is 0 Å². The molecule has 3 N–H and O–H groups in total. The molecule has 2 aromatic rings. The summed E-state index contributed by atoms with van der Waals surface area (Å²) in [7, 11) is 1.80. The van der Waals surface area contributed by atoms with Crippen LogP contribution in [0.15, 0.2) is 36.7 Å². The van der Waals surface area contributed by atoms with Gasteiger partial charge in [-0.3, -0.25) is 9.69 Å². The smallest absolute Gasteiger partial charge is 0.239 e. The molecule has 7 nitrogen and oxygen atoms in total. The van der Waals surface area contributed by atoms with Crippen molar-refractivity contribution in [3.05, 3.63) is 42.2 Å². The van der Waals surface area contributed by atoms with Gasteiger partial charge in [0.15, 0.2) is 0 Å². The van der Waals surface area contributed by atoms with Crippen LogP contribution >= 0.6 is 0 Å². The summed E-state index contributed by atoms with van der Waals surface area (Å²) < 4.78 is 5.50.